The molecule has 4 rings (SSSR count). The van der Waals surface area contributed by atoms with Crippen molar-refractivity contribution in [3.8, 4) is 0 Å². The van der Waals surface area contributed by atoms with Crippen molar-refractivity contribution >= 4 is 11.5 Å². The van der Waals surface area contributed by atoms with Crippen LogP contribution < -0.4 is 0 Å². The Hall–Kier alpha value is -2.75. The number of hydrogen-bond acceptors (Lipinski definition) is 3. The average molecular weight is 276 g/mol. The third-order valence-corrected chi connectivity index (χ3v) is 3.88. The first-order chi connectivity index (χ1) is 10.3. The van der Waals surface area contributed by atoms with Crippen LogP contribution in [0.5, 0.6) is 0 Å². The second-order valence-corrected chi connectivity index (χ2v) is 5.12. The Morgan fingerprint density at radius 3 is 2.67 bits per heavy atom. The highest BCUT2D eigenvalue weighted by atomic mass is 16.3. The van der Waals surface area contributed by atoms with Crippen molar-refractivity contribution < 1.29 is 9.21 Å². The third kappa shape index (κ3) is 1.96. The lowest BCUT2D eigenvalue weighted by atomic mass is 9.80. The molecule has 0 saturated carbocycles. The summed E-state index contributed by atoms with van der Waals surface area (Å²) in [5.74, 6) is 0.569. The van der Waals surface area contributed by atoms with Crippen LogP contribution in [0.1, 0.15) is 23.7 Å². The van der Waals surface area contributed by atoms with E-state index in [2.05, 4.69) is 10.2 Å². The average Bonchev–Trinajstić information content (AvgIpc) is 3.18. The molecule has 1 atom stereocenters. The van der Waals surface area contributed by atoms with Gasteiger partial charge in [0.25, 0.3) is 5.91 Å². The smallest absolute Gasteiger partial charge is 0.294 e. The molecule has 0 N–H and O–H groups in total. The van der Waals surface area contributed by atoms with Crippen molar-refractivity contribution in [2.45, 2.75) is 12.3 Å². The molecule has 0 fully saturated rings. The van der Waals surface area contributed by atoms with Gasteiger partial charge in [0.15, 0.2) is 0 Å². The maximum absolute atomic E-state index is 12.0. The lowest BCUT2D eigenvalue weighted by molar-refractivity contribution is -0.114. The van der Waals surface area contributed by atoms with Crippen molar-refractivity contribution in [1.82, 2.24) is 0 Å². The van der Waals surface area contributed by atoms with E-state index in [1.807, 2.05) is 48.5 Å². The fourth-order valence-electron chi connectivity index (χ4n) is 2.90. The number of furan rings is 1. The largest absolute Gasteiger partial charge is 0.465 e. The Balaban J connectivity index is 1.83. The van der Waals surface area contributed by atoms with Gasteiger partial charge in [-0.15, -0.1) is 10.2 Å². The van der Waals surface area contributed by atoms with E-state index >= 15 is 0 Å². The minimum absolute atomic E-state index is 0.0196. The van der Waals surface area contributed by atoms with Gasteiger partial charge in [-0.2, -0.15) is 0 Å². The topological polar surface area (TPSA) is 54.9 Å². The fourth-order valence-corrected chi connectivity index (χ4v) is 2.90. The van der Waals surface area contributed by atoms with Gasteiger partial charge in [0, 0.05) is 5.92 Å². The van der Waals surface area contributed by atoms with Crippen molar-refractivity contribution in [1.29, 1.82) is 0 Å². The van der Waals surface area contributed by atoms with E-state index in [9.17, 15) is 4.79 Å². The monoisotopic (exact) mass is 276 g/mol. The predicted octanol–water partition coefficient (Wildman–Crippen LogP) is 4.10. The SMILES string of the molecule is O=C1N=NC2=C1C(c1ccccc1)CC(c1ccco1)=C2. The van der Waals surface area contributed by atoms with E-state index in [0.717, 1.165) is 16.9 Å². The summed E-state index contributed by atoms with van der Waals surface area (Å²) in [5.41, 5.74) is 3.49. The zero-order chi connectivity index (χ0) is 14.2. The van der Waals surface area contributed by atoms with Crippen LogP contribution in [0.2, 0.25) is 0 Å². The number of amides is 1. The van der Waals surface area contributed by atoms with Gasteiger partial charge >= 0.3 is 0 Å². The molecule has 1 aromatic carbocycles. The van der Waals surface area contributed by atoms with Gasteiger partial charge in [-0.25, -0.2) is 0 Å². The first kappa shape index (κ1) is 12.0. The highest BCUT2D eigenvalue weighted by Gasteiger charge is 2.34. The number of rotatable bonds is 2. The zero-order valence-electron chi connectivity index (χ0n) is 11.2. The highest BCUT2D eigenvalue weighted by molar-refractivity contribution is 6.00. The Bertz CT molecular complexity index is 783. The molecule has 21 heavy (non-hydrogen) atoms. The maximum atomic E-state index is 12.0. The Morgan fingerprint density at radius 2 is 1.90 bits per heavy atom. The van der Waals surface area contributed by atoms with Crippen LogP contribution in [-0.4, -0.2) is 5.91 Å². The molecule has 1 unspecified atom stereocenters. The highest BCUT2D eigenvalue weighted by Crippen LogP contribution is 2.43. The molecule has 1 aromatic heterocycles. The molecule has 2 aliphatic rings. The Labute approximate surface area is 121 Å². The first-order valence-corrected chi connectivity index (χ1v) is 6.82. The molecule has 1 aliphatic carbocycles. The second-order valence-electron chi connectivity index (χ2n) is 5.12. The molecule has 0 spiro atoms. The number of hydrogen-bond donors (Lipinski definition) is 0. The number of carbonyl (C=O) groups excluding carboxylic acids is 1. The van der Waals surface area contributed by atoms with E-state index in [-0.39, 0.29) is 11.8 Å². The standard InChI is InChI=1S/C17H12N2O2/c20-17-16-13(11-5-2-1-3-6-11)9-12(10-14(16)18-19-17)15-7-4-8-21-15/h1-8,10,13H,9H2. The van der Waals surface area contributed by atoms with Gasteiger partial charge in [-0.05, 0) is 35.8 Å². The van der Waals surface area contributed by atoms with Gasteiger partial charge in [-0.1, -0.05) is 30.3 Å². The van der Waals surface area contributed by atoms with E-state index in [1.54, 1.807) is 6.26 Å². The van der Waals surface area contributed by atoms with Crippen LogP contribution in [0, 0.1) is 0 Å². The molecule has 4 nitrogen and oxygen atoms in total. The summed E-state index contributed by atoms with van der Waals surface area (Å²) in [6, 6.07) is 13.8. The summed E-state index contributed by atoms with van der Waals surface area (Å²) < 4.78 is 5.48. The van der Waals surface area contributed by atoms with Crippen LogP contribution in [-0.2, 0) is 4.79 Å². The summed E-state index contributed by atoms with van der Waals surface area (Å²) in [4.78, 5) is 12.0. The van der Waals surface area contributed by atoms with Gasteiger partial charge < -0.3 is 4.42 Å². The second kappa shape index (κ2) is 4.66. The lowest BCUT2D eigenvalue weighted by Gasteiger charge is -2.22. The summed E-state index contributed by atoms with van der Waals surface area (Å²) in [7, 11) is 0. The molecule has 0 bridgehead atoms. The van der Waals surface area contributed by atoms with Gasteiger partial charge in [0.1, 0.15) is 5.76 Å². The number of benzene rings is 1. The van der Waals surface area contributed by atoms with Gasteiger partial charge in [-0.3, -0.25) is 4.79 Å². The molecular weight excluding hydrogens is 264 g/mol. The summed E-state index contributed by atoms with van der Waals surface area (Å²) >= 11 is 0. The predicted molar refractivity (Wildman–Crippen MR) is 77.4 cm³/mol. The van der Waals surface area contributed by atoms with Crippen LogP contribution in [0.4, 0.5) is 0 Å². The number of azo groups is 1. The summed E-state index contributed by atoms with van der Waals surface area (Å²) in [6.45, 7) is 0. The third-order valence-electron chi connectivity index (χ3n) is 3.88. The molecule has 0 saturated heterocycles. The minimum Gasteiger partial charge on any atom is -0.465 e. The quantitative estimate of drug-likeness (QED) is 0.829. The van der Waals surface area contributed by atoms with E-state index in [4.69, 9.17) is 4.42 Å². The van der Waals surface area contributed by atoms with Crippen LogP contribution in [0.25, 0.3) is 5.57 Å². The Kier molecular flexibility index (Phi) is 2.67. The summed E-state index contributed by atoms with van der Waals surface area (Å²) in [5, 5.41) is 7.72. The molecule has 0 radical (unpaired) electrons. The zero-order valence-corrected chi connectivity index (χ0v) is 11.2. The van der Waals surface area contributed by atoms with Gasteiger partial charge in [0.2, 0.25) is 0 Å². The van der Waals surface area contributed by atoms with Crippen LogP contribution >= 0.6 is 0 Å². The Morgan fingerprint density at radius 1 is 1.05 bits per heavy atom. The van der Waals surface area contributed by atoms with Crippen LogP contribution in [0.3, 0.4) is 0 Å². The van der Waals surface area contributed by atoms with Crippen molar-refractivity contribution in [2.75, 3.05) is 0 Å². The van der Waals surface area contributed by atoms with Crippen molar-refractivity contribution in [2.24, 2.45) is 10.2 Å². The van der Waals surface area contributed by atoms with E-state index < -0.39 is 0 Å². The van der Waals surface area contributed by atoms with Crippen molar-refractivity contribution in [3.05, 3.63) is 77.4 Å². The molecule has 1 aliphatic heterocycles. The maximum Gasteiger partial charge on any atom is 0.294 e. The number of allylic oxidation sites excluding steroid dienone is 2. The first-order valence-electron chi connectivity index (χ1n) is 6.82. The molecular formula is C17H12N2O2. The molecule has 2 heterocycles. The lowest BCUT2D eigenvalue weighted by Crippen LogP contribution is -2.13. The molecule has 4 heteroatoms. The van der Waals surface area contributed by atoms with Crippen molar-refractivity contribution in [3.63, 3.8) is 0 Å². The molecule has 102 valence electrons. The molecule has 2 aromatic rings. The van der Waals surface area contributed by atoms with Crippen LogP contribution in [0.15, 0.2) is 80.7 Å². The molecule has 1 amide bonds. The van der Waals surface area contributed by atoms with E-state index in [1.165, 1.54) is 0 Å². The summed E-state index contributed by atoms with van der Waals surface area (Å²) in [6.07, 6.45) is 4.27. The van der Waals surface area contributed by atoms with Gasteiger partial charge in [0.05, 0.1) is 17.5 Å². The minimum atomic E-state index is -0.228. The number of carbonyl (C=O) groups is 1. The normalized spacial score (nSPS) is 20.7. The van der Waals surface area contributed by atoms with E-state index in [0.29, 0.717) is 17.7 Å². The number of nitrogens with zero attached hydrogens (tertiary/aromatic N) is 2. The fraction of sp³-hybridized carbons (Fsp3) is 0.118.